The van der Waals surface area contributed by atoms with E-state index >= 15 is 0 Å². The summed E-state index contributed by atoms with van der Waals surface area (Å²) in [4.78, 5) is 4.40. The van der Waals surface area contributed by atoms with Gasteiger partial charge in [0.1, 0.15) is 11.9 Å². The fourth-order valence-electron chi connectivity index (χ4n) is 2.07. The normalized spacial score (nSPS) is 17.8. The summed E-state index contributed by atoms with van der Waals surface area (Å²) >= 11 is 0. The van der Waals surface area contributed by atoms with E-state index in [0.717, 1.165) is 16.8 Å². The second-order valence-electron chi connectivity index (χ2n) is 4.07. The maximum absolute atomic E-state index is 11.9. The fourth-order valence-corrected chi connectivity index (χ4v) is 2.07. The molecule has 0 radical (unpaired) electrons. The molecule has 3 heteroatoms. The van der Waals surface area contributed by atoms with E-state index in [1.807, 2.05) is 54.6 Å². The Morgan fingerprint density at radius 2 is 1.61 bits per heavy atom. The largest absolute Gasteiger partial charge is 0.624 e. The fraction of sp³-hybridized carbons (Fsp3) is 0. The first kappa shape index (κ1) is 10.9. The Morgan fingerprint density at radius 1 is 0.889 bits per heavy atom. The van der Waals surface area contributed by atoms with Gasteiger partial charge in [0.2, 0.25) is 0 Å². The molecule has 0 bridgehead atoms. The lowest BCUT2D eigenvalue weighted by molar-refractivity contribution is -0.714. The van der Waals surface area contributed by atoms with Crippen molar-refractivity contribution in [2.75, 3.05) is 0 Å². The van der Waals surface area contributed by atoms with Crippen LogP contribution in [0, 0.1) is 5.21 Å². The number of aliphatic imine (C=N–C) groups is 1. The van der Waals surface area contributed by atoms with Crippen LogP contribution in [0.25, 0.3) is 0 Å². The van der Waals surface area contributed by atoms with Gasteiger partial charge < -0.3 is 10.3 Å². The Balaban J connectivity index is 2.19. The highest BCUT2D eigenvalue weighted by Crippen LogP contribution is 2.18. The maximum atomic E-state index is 11.9. The first-order chi connectivity index (χ1) is 8.86. The Hall–Kier alpha value is -2.23. The third-order valence-corrected chi connectivity index (χ3v) is 2.92. The molecular formula is C15H12N2O. The molecule has 1 N–H and O–H groups in total. The predicted octanol–water partition coefficient (Wildman–Crippen LogP) is 2.02. The number of rotatable bonds is 1. The van der Waals surface area contributed by atoms with E-state index in [1.54, 1.807) is 6.20 Å². The molecule has 3 nitrogen and oxygen atoms in total. The molecule has 2 aromatic carbocycles. The minimum absolute atomic E-state index is 0.000260. The number of nitrogens with one attached hydrogen (secondary N) is 1. The van der Waals surface area contributed by atoms with Crippen LogP contribution in [0.5, 0.6) is 0 Å². The predicted molar refractivity (Wildman–Crippen MR) is 71.7 cm³/mol. The second kappa shape index (κ2) is 4.56. The van der Waals surface area contributed by atoms with E-state index in [4.69, 9.17) is 0 Å². The topological polar surface area (TPSA) is 39.9 Å². The maximum Gasteiger partial charge on any atom is 0.145 e. The van der Waals surface area contributed by atoms with Crippen molar-refractivity contribution in [3.8, 4) is 0 Å². The van der Waals surface area contributed by atoms with E-state index in [-0.39, 0.29) is 5.06 Å². The molecule has 2 aromatic rings. The Morgan fingerprint density at radius 3 is 2.44 bits per heavy atom. The van der Waals surface area contributed by atoms with Gasteiger partial charge in [0, 0.05) is 11.6 Å². The Bertz CT molecular complexity index is 617. The summed E-state index contributed by atoms with van der Waals surface area (Å²) in [6, 6.07) is 17.5. The average molecular weight is 236 g/mol. The van der Waals surface area contributed by atoms with Crippen molar-refractivity contribution in [2.45, 2.75) is 0 Å². The van der Waals surface area contributed by atoms with Gasteiger partial charge in [-0.1, -0.05) is 42.5 Å². The SMILES string of the molecule is [O-][NH+]1C=CN=C(c2ccccc2)c2ccccc21. The average Bonchev–Trinajstić information content (AvgIpc) is 2.60. The van der Waals surface area contributed by atoms with Crippen LogP contribution in [0.3, 0.4) is 0 Å². The van der Waals surface area contributed by atoms with Crippen LogP contribution in [-0.2, 0) is 0 Å². The highest BCUT2D eigenvalue weighted by atomic mass is 16.5. The van der Waals surface area contributed by atoms with Crippen LogP contribution in [0.2, 0.25) is 0 Å². The van der Waals surface area contributed by atoms with E-state index in [2.05, 4.69) is 4.99 Å². The lowest BCUT2D eigenvalue weighted by atomic mass is 10.0. The number of quaternary nitrogens is 1. The molecule has 1 atom stereocenters. The number of hydroxylamine groups is 1. The molecule has 3 rings (SSSR count). The zero-order chi connectivity index (χ0) is 12.4. The van der Waals surface area contributed by atoms with Crippen molar-refractivity contribution in [3.63, 3.8) is 0 Å². The van der Waals surface area contributed by atoms with Gasteiger partial charge in [0.25, 0.3) is 0 Å². The first-order valence-electron chi connectivity index (χ1n) is 5.80. The summed E-state index contributed by atoms with van der Waals surface area (Å²) in [5.74, 6) is 0. The van der Waals surface area contributed by atoms with Crippen LogP contribution in [0.1, 0.15) is 11.1 Å². The van der Waals surface area contributed by atoms with Crippen LogP contribution in [0.15, 0.2) is 72.0 Å². The number of fused-ring (bicyclic) bond motifs is 1. The van der Waals surface area contributed by atoms with Crippen molar-refractivity contribution in [2.24, 2.45) is 4.99 Å². The molecule has 0 fully saturated rings. The Kier molecular flexibility index (Phi) is 2.76. The van der Waals surface area contributed by atoms with Crippen LogP contribution in [-0.4, -0.2) is 5.71 Å². The van der Waals surface area contributed by atoms with E-state index in [9.17, 15) is 5.21 Å². The summed E-state index contributed by atoms with van der Waals surface area (Å²) in [6.07, 6.45) is 3.08. The molecule has 0 spiro atoms. The van der Waals surface area contributed by atoms with Crippen LogP contribution < -0.4 is 5.06 Å². The zero-order valence-corrected chi connectivity index (χ0v) is 9.71. The van der Waals surface area contributed by atoms with Crippen molar-refractivity contribution in [1.29, 1.82) is 0 Å². The van der Waals surface area contributed by atoms with E-state index in [0.29, 0.717) is 5.69 Å². The van der Waals surface area contributed by atoms with Gasteiger partial charge in [0.05, 0.1) is 17.5 Å². The van der Waals surface area contributed by atoms with Gasteiger partial charge in [-0.15, -0.1) is 0 Å². The molecule has 0 aliphatic carbocycles. The lowest BCUT2D eigenvalue weighted by Gasteiger charge is -2.18. The quantitative estimate of drug-likeness (QED) is 0.756. The molecule has 1 aliphatic heterocycles. The Labute approximate surface area is 105 Å². The van der Waals surface area contributed by atoms with Crippen LogP contribution in [0.4, 0.5) is 5.69 Å². The number of benzene rings is 2. The highest BCUT2D eigenvalue weighted by molar-refractivity contribution is 6.15. The van der Waals surface area contributed by atoms with Crippen molar-refractivity contribution < 1.29 is 5.06 Å². The molecule has 1 unspecified atom stereocenters. The molecule has 0 aromatic heterocycles. The smallest absolute Gasteiger partial charge is 0.145 e. The second-order valence-corrected chi connectivity index (χ2v) is 4.07. The van der Waals surface area contributed by atoms with E-state index < -0.39 is 0 Å². The van der Waals surface area contributed by atoms with Crippen LogP contribution >= 0.6 is 0 Å². The molecule has 0 saturated heterocycles. The minimum Gasteiger partial charge on any atom is -0.624 e. The molecule has 0 saturated carbocycles. The van der Waals surface area contributed by atoms with E-state index in [1.165, 1.54) is 6.20 Å². The van der Waals surface area contributed by atoms with Gasteiger partial charge in [-0.25, -0.2) is 4.99 Å². The molecule has 0 amide bonds. The number of hydrogen-bond donors (Lipinski definition) is 1. The summed E-state index contributed by atoms with van der Waals surface area (Å²) in [5.41, 5.74) is 3.45. The number of hydrogen-bond acceptors (Lipinski definition) is 2. The molecule has 1 aliphatic rings. The monoisotopic (exact) mass is 236 g/mol. The minimum atomic E-state index is 0.000260. The molecule has 1 heterocycles. The van der Waals surface area contributed by atoms with Gasteiger partial charge in [-0.3, -0.25) is 0 Å². The number of nitrogens with zero attached hydrogens (tertiary/aromatic N) is 1. The zero-order valence-electron chi connectivity index (χ0n) is 9.71. The van der Waals surface area contributed by atoms with Gasteiger partial charge in [-0.2, -0.15) is 0 Å². The van der Waals surface area contributed by atoms with Gasteiger partial charge >= 0.3 is 0 Å². The third kappa shape index (κ3) is 1.86. The van der Waals surface area contributed by atoms with Crippen molar-refractivity contribution >= 4 is 11.4 Å². The van der Waals surface area contributed by atoms with Crippen molar-refractivity contribution in [1.82, 2.24) is 0 Å². The summed E-state index contributed by atoms with van der Waals surface area (Å²) in [6.45, 7) is 0. The summed E-state index contributed by atoms with van der Waals surface area (Å²) < 4.78 is 0. The van der Waals surface area contributed by atoms with Gasteiger partial charge in [-0.05, 0) is 6.07 Å². The number of para-hydroxylation sites is 1. The lowest BCUT2D eigenvalue weighted by Crippen LogP contribution is -2.96. The first-order valence-corrected chi connectivity index (χ1v) is 5.80. The van der Waals surface area contributed by atoms with Gasteiger partial charge in [0.15, 0.2) is 0 Å². The standard InChI is InChI=1S/C15H12N2O/c18-17-11-10-16-15(12-6-2-1-3-7-12)13-8-4-5-9-14(13)17/h1-11,17H. The third-order valence-electron chi connectivity index (χ3n) is 2.92. The molecular weight excluding hydrogens is 224 g/mol. The highest BCUT2D eigenvalue weighted by Gasteiger charge is 2.16. The summed E-state index contributed by atoms with van der Waals surface area (Å²) in [7, 11) is 0. The van der Waals surface area contributed by atoms with Crippen molar-refractivity contribution in [3.05, 3.63) is 83.3 Å². The molecule has 18 heavy (non-hydrogen) atoms. The molecule has 88 valence electrons. The summed E-state index contributed by atoms with van der Waals surface area (Å²) in [5, 5.41) is 11.9.